The van der Waals surface area contributed by atoms with Crippen LogP contribution >= 0.6 is 0 Å². The zero-order valence-corrected chi connectivity index (χ0v) is 13.3. The van der Waals surface area contributed by atoms with E-state index in [4.69, 9.17) is 0 Å². The summed E-state index contributed by atoms with van der Waals surface area (Å²) >= 11 is 0. The number of hydrogen-bond donors (Lipinski definition) is 2. The minimum Gasteiger partial charge on any atom is -0.388 e. The number of aliphatic hydroxyl groups is 1. The standard InChI is InChI=1S/C18H29NO/c1-12(2)14-7-8-16(17(10-14)13(3)4)18(20)15-6-5-9-19-11-15/h7-8,10,12-13,15,18-20H,5-6,9,11H2,1-4H3. The van der Waals surface area contributed by atoms with Gasteiger partial charge < -0.3 is 10.4 Å². The number of rotatable bonds is 4. The zero-order valence-electron chi connectivity index (χ0n) is 13.3. The average molecular weight is 275 g/mol. The Morgan fingerprint density at radius 2 is 1.85 bits per heavy atom. The van der Waals surface area contributed by atoms with Crippen molar-refractivity contribution in [2.75, 3.05) is 13.1 Å². The first-order valence-corrected chi connectivity index (χ1v) is 8.03. The first-order valence-electron chi connectivity index (χ1n) is 8.03. The largest absolute Gasteiger partial charge is 0.388 e. The Morgan fingerprint density at radius 1 is 1.10 bits per heavy atom. The second kappa shape index (κ2) is 6.73. The van der Waals surface area contributed by atoms with Crippen molar-refractivity contribution in [3.05, 3.63) is 34.9 Å². The van der Waals surface area contributed by atoms with E-state index in [9.17, 15) is 5.11 Å². The van der Waals surface area contributed by atoms with Crippen molar-refractivity contribution in [2.24, 2.45) is 5.92 Å². The number of hydrogen-bond acceptors (Lipinski definition) is 2. The molecule has 1 fully saturated rings. The molecule has 2 rings (SSSR count). The molecule has 1 heterocycles. The van der Waals surface area contributed by atoms with Gasteiger partial charge in [-0.1, -0.05) is 45.9 Å². The highest BCUT2D eigenvalue weighted by Crippen LogP contribution is 2.34. The van der Waals surface area contributed by atoms with Gasteiger partial charge in [0.25, 0.3) is 0 Å². The molecule has 20 heavy (non-hydrogen) atoms. The number of piperidine rings is 1. The predicted molar refractivity (Wildman–Crippen MR) is 85.2 cm³/mol. The molecule has 0 aromatic heterocycles. The van der Waals surface area contributed by atoms with E-state index >= 15 is 0 Å². The third-order valence-corrected chi connectivity index (χ3v) is 4.50. The Bertz CT molecular complexity index is 433. The molecule has 2 atom stereocenters. The summed E-state index contributed by atoms with van der Waals surface area (Å²) < 4.78 is 0. The van der Waals surface area contributed by atoms with E-state index in [2.05, 4.69) is 51.2 Å². The third kappa shape index (κ3) is 3.42. The van der Waals surface area contributed by atoms with E-state index in [1.165, 1.54) is 17.5 Å². The molecule has 2 nitrogen and oxygen atoms in total. The van der Waals surface area contributed by atoms with E-state index in [-0.39, 0.29) is 6.10 Å². The molecule has 2 heteroatoms. The van der Waals surface area contributed by atoms with Crippen molar-refractivity contribution in [3.8, 4) is 0 Å². The van der Waals surface area contributed by atoms with Crippen molar-refractivity contribution >= 4 is 0 Å². The lowest BCUT2D eigenvalue weighted by Crippen LogP contribution is -2.33. The average Bonchev–Trinajstić information content (AvgIpc) is 2.46. The molecule has 2 unspecified atom stereocenters. The van der Waals surface area contributed by atoms with Gasteiger partial charge in [0.15, 0.2) is 0 Å². The van der Waals surface area contributed by atoms with Gasteiger partial charge in [0.1, 0.15) is 0 Å². The summed E-state index contributed by atoms with van der Waals surface area (Å²) in [4.78, 5) is 0. The predicted octanol–water partition coefficient (Wildman–Crippen LogP) is 3.97. The van der Waals surface area contributed by atoms with Crippen molar-refractivity contribution < 1.29 is 5.11 Å². The van der Waals surface area contributed by atoms with Crippen LogP contribution in [0.15, 0.2) is 18.2 Å². The van der Waals surface area contributed by atoms with Gasteiger partial charge in [0, 0.05) is 12.5 Å². The lowest BCUT2D eigenvalue weighted by molar-refractivity contribution is 0.0911. The summed E-state index contributed by atoms with van der Waals surface area (Å²) in [6.45, 7) is 10.9. The van der Waals surface area contributed by atoms with Gasteiger partial charge in [-0.05, 0) is 47.9 Å². The maximum atomic E-state index is 10.8. The SMILES string of the molecule is CC(C)c1ccc(C(O)C2CCCNC2)c(C(C)C)c1. The summed E-state index contributed by atoms with van der Waals surface area (Å²) in [7, 11) is 0. The van der Waals surface area contributed by atoms with E-state index in [1.807, 2.05) is 0 Å². The minimum atomic E-state index is -0.332. The van der Waals surface area contributed by atoms with Gasteiger partial charge in [0.05, 0.1) is 6.10 Å². The summed E-state index contributed by atoms with van der Waals surface area (Å²) in [6.07, 6.45) is 1.96. The molecule has 1 aromatic carbocycles. The van der Waals surface area contributed by atoms with Crippen LogP contribution in [0.1, 0.15) is 75.2 Å². The van der Waals surface area contributed by atoms with Gasteiger partial charge in [-0.3, -0.25) is 0 Å². The molecule has 0 aliphatic carbocycles. The van der Waals surface area contributed by atoms with E-state index < -0.39 is 0 Å². The topological polar surface area (TPSA) is 32.3 Å². The second-order valence-electron chi connectivity index (χ2n) is 6.75. The molecule has 1 aliphatic rings. The van der Waals surface area contributed by atoms with Crippen LogP contribution in [-0.2, 0) is 0 Å². The van der Waals surface area contributed by atoms with Gasteiger partial charge in [-0.2, -0.15) is 0 Å². The maximum Gasteiger partial charge on any atom is 0.0833 e. The molecule has 1 aromatic rings. The Hall–Kier alpha value is -0.860. The lowest BCUT2D eigenvalue weighted by Gasteiger charge is -2.30. The molecule has 1 saturated heterocycles. The summed E-state index contributed by atoms with van der Waals surface area (Å²) in [6, 6.07) is 6.64. The van der Waals surface area contributed by atoms with Gasteiger partial charge in [0.2, 0.25) is 0 Å². The molecular weight excluding hydrogens is 246 g/mol. The lowest BCUT2D eigenvalue weighted by atomic mass is 9.83. The Morgan fingerprint density at radius 3 is 2.40 bits per heavy atom. The first kappa shape index (κ1) is 15.5. The molecule has 0 saturated carbocycles. The Kier molecular flexibility index (Phi) is 5.22. The van der Waals surface area contributed by atoms with Crippen molar-refractivity contribution in [1.29, 1.82) is 0 Å². The van der Waals surface area contributed by atoms with Crippen LogP contribution in [0, 0.1) is 5.92 Å². The maximum absolute atomic E-state index is 10.8. The van der Waals surface area contributed by atoms with Crippen LogP contribution in [0.3, 0.4) is 0 Å². The molecule has 0 spiro atoms. The Labute approximate surface area is 123 Å². The van der Waals surface area contributed by atoms with Crippen LogP contribution < -0.4 is 5.32 Å². The zero-order chi connectivity index (χ0) is 14.7. The van der Waals surface area contributed by atoms with E-state index in [0.717, 1.165) is 25.1 Å². The highest BCUT2D eigenvalue weighted by molar-refractivity contribution is 5.37. The van der Waals surface area contributed by atoms with Crippen LogP contribution in [0.25, 0.3) is 0 Å². The summed E-state index contributed by atoms with van der Waals surface area (Å²) in [5.41, 5.74) is 3.82. The minimum absolute atomic E-state index is 0.332. The molecule has 1 aliphatic heterocycles. The van der Waals surface area contributed by atoms with Crippen LogP contribution in [0.2, 0.25) is 0 Å². The summed E-state index contributed by atoms with van der Waals surface area (Å²) in [5.74, 6) is 1.34. The second-order valence-corrected chi connectivity index (χ2v) is 6.75. The number of aliphatic hydroxyl groups excluding tert-OH is 1. The molecule has 2 N–H and O–H groups in total. The fourth-order valence-corrected chi connectivity index (χ4v) is 3.12. The van der Waals surface area contributed by atoms with Crippen LogP contribution in [0.5, 0.6) is 0 Å². The molecule has 0 bridgehead atoms. The van der Waals surface area contributed by atoms with Gasteiger partial charge >= 0.3 is 0 Å². The van der Waals surface area contributed by atoms with Crippen LogP contribution in [-0.4, -0.2) is 18.2 Å². The first-order chi connectivity index (χ1) is 9.50. The monoisotopic (exact) mass is 275 g/mol. The Balaban J connectivity index is 2.29. The fraction of sp³-hybridized carbons (Fsp3) is 0.667. The number of benzene rings is 1. The van der Waals surface area contributed by atoms with Crippen molar-refractivity contribution in [2.45, 2.75) is 58.5 Å². The van der Waals surface area contributed by atoms with Gasteiger partial charge in [-0.25, -0.2) is 0 Å². The van der Waals surface area contributed by atoms with E-state index in [0.29, 0.717) is 17.8 Å². The highest BCUT2D eigenvalue weighted by atomic mass is 16.3. The van der Waals surface area contributed by atoms with Crippen molar-refractivity contribution in [3.63, 3.8) is 0 Å². The molecule has 0 amide bonds. The summed E-state index contributed by atoms with van der Waals surface area (Å²) in [5, 5.41) is 14.2. The van der Waals surface area contributed by atoms with Crippen LogP contribution in [0.4, 0.5) is 0 Å². The highest BCUT2D eigenvalue weighted by Gasteiger charge is 2.25. The normalized spacial score (nSPS) is 21.4. The molecular formula is C18H29NO. The fourth-order valence-electron chi connectivity index (χ4n) is 3.12. The molecule has 0 radical (unpaired) electrons. The van der Waals surface area contributed by atoms with Gasteiger partial charge in [-0.15, -0.1) is 0 Å². The van der Waals surface area contributed by atoms with E-state index in [1.54, 1.807) is 0 Å². The third-order valence-electron chi connectivity index (χ3n) is 4.50. The van der Waals surface area contributed by atoms with Crippen molar-refractivity contribution in [1.82, 2.24) is 5.32 Å². The molecule has 112 valence electrons. The number of nitrogens with one attached hydrogen (secondary N) is 1. The quantitative estimate of drug-likeness (QED) is 0.871. The smallest absolute Gasteiger partial charge is 0.0833 e.